The van der Waals surface area contributed by atoms with E-state index in [0.29, 0.717) is 30.5 Å². The Morgan fingerprint density at radius 2 is 1.90 bits per heavy atom. The van der Waals surface area contributed by atoms with Crippen LogP contribution >= 0.6 is 0 Å². The zero-order valence-corrected chi connectivity index (χ0v) is 17.9. The molecular formula is C20H33N5O3S. The van der Waals surface area contributed by atoms with Gasteiger partial charge in [0.25, 0.3) is 0 Å². The van der Waals surface area contributed by atoms with Crippen molar-refractivity contribution in [2.45, 2.75) is 37.1 Å². The number of nitrogens with one attached hydrogen (secondary N) is 1. The molecule has 0 saturated carbocycles. The van der Waals surface area contributed by atoms with Crippen LogP contribution in [-0.4, -0.2) is 76.1 Å². The normalized spacial score (nSPS) is 19.9. The maximum absolute atomic E-state index is 12.8. The molecule has 0 spiro atoms. The van der Waals surface area contributed by atoms with Crippen LogP contribution < -0.4 is 11.1 Å². The van der Waals surface area contributed by atoms with E-state index in [1.54, 1.807) is 22.5 Å². The Labute approximate surface area is 174 Å². The monoisotopic (exact) mass is 423 g/mol. The van der Waals surface area contributed by atoms with E-state index in [4.69, 9.17) is 10.5 Å². The van der Waals surface area contributed by atoms with Crippen molar-refractivity contribution < 1.29 is 13.2 Å². The minimum Gasteiger partial charge on any atom is -0.379 e. The molecule has 8 nitrogen and oxygen atoms in total. The van der Waals surface area contributed by atoms with Gasteiger partial charge in [-0.2, -0.15) is 4.31 Å². The van der Waals surface area contributed by atoms with Crippen molar-refractivity contribution in [2.75, 3.05) is 52.5 Å². The first-order valence-electron chi connectivity index (χ1n) is 10.5. The fourth-order valence-electron chi connectivity index (χ4n) is 3.63. The number of nitrogens with zero attached hydrogens (tertiary/aromatic N) is 3. The number of sulfonamides is 1. The van der Waals surface area contributed by atoms with Gasteiger partial charge in [-0.05, 0) is 43.5 Å². The third kappa shape index (κ3) is 6.67. The molecule has 2 saturated heterocycles. The second-order valence-electron chi connectivity index (χ2n) is 7.55. The molecule has 0 radical (unpaired) electrons. The molecule has 0 aliphatic carbocycles. The Kier molecular flexibility index (Phi) is 8.29. The van der Waals surface area contributed by atoms with Gasteiger partial charge in [-0.25, -0.2) is 13.4 Å². The number of piperidine rings is 1. The second kappa shape index (κ2) is 10.9. The molecule has 3 rings (SSSR count). The Morgan fingerprint density at radius 1 is 1.14 bits per heavy atom. The van der Waals surface area contributed by atoms with Gasteiger partial charge >= 0.3 is 0 Å². The van der Waals surface area contributed by atoms with Crippen LogP contribution in [0.5, 0.6) is 0 Å². The molecule has 2 heterocycles. The van der Waals surface area contributed by atoms with Gasteiger partial charge in [-0.1, -0.05) is 18.6 Å². The molecule has 0 unspecified atom stereocenters. The summed E-state index contributed by atoms with van der Waals surface area (Å²) in [6.45, 7) is 6.92. The lowest BCUT2D eigenvalue weighted by Crippen LogP contribution is -2.39. The molecule has 0 aromatic heterocycles. The standard InChI is InChI=1S/C20H33N5O3S/c21-20(22-8-5-9-24-12-14-28-15-13-24)23-17-18-6-4-7-19(16-18)29(26,27)25-10-2-1-3-11-25/h4,6-7,16H,1-3,5,8-15,17H2,(H3,21,22,23). The number of hydrogen-bond donors (Lipinski definition) is 2. The van der Waals surface area contributed by atoms with Gasteiger partial charge < -0.3 is 15.8 Å². The minimum atomic E-state index is -3.43. The number of rotatable bonds is 8. The molecule has 29 heavy (non-hydrogen) atoms. The van der Waals surface area contributed by atoms with E-state index in [9.17, 15) is 8.42 Å². The molecule has 0 atom stereocenters. The first-order valence-corrected chi connectivity index (χ1v) is 11.9. The van der Waals surface area contributed by atoms with Crippen molar-refractivity contribution >= 4 is 16.0 Å². The molecule has 3 N–H and O–H groups in total. The molecular weight excluding hydrogens is 390 g/mol. The number of morpholine rings is 1. The van der Waals surface area contributed by atoms with Crippen molar-refractivity contribution in [1.29, 1.82) is 0 Å². The number of benzene rings is 1. The summed E-state index contributed by atoms with van der Waals surface area (Å²) in [7, 11) is -3.43. The summed E-state index contributed by atoms with van der Waals surface area (Å²) in [6.07, 6.45) is 3.94. The van der Waals surface area contributed by atoms with Crippen LogP contribution in [-0.2, 0) is 21.3 Å². The van der Waals surface area contributed by atoms with Gasteiger partial charge in [0.15, 0.2) is 5.96 Å². The number of aliphatic imine (C=N–C) groups is 1. The zero-order valence-electron chi connectivity index (χ0n) is 17.1. The fraction of sp³-hybridized carbons (Fsp3) is 0.650. The highest BCUT2D eigenvalue weighted by Gasteiger charge is 2.25. The number of ether oxygens (including phenoxy) is 1. The molecule has 9 heteroatoms. The van der Waals surface area contributed by atoms with Crippen LogP contribution in [0.2, 0.25) is 0 Å². The highest BCUT2D eigenvalue weighted by molar-refractivity contribution is 7.89. The summed E-state index contributed by atoms with van der Waals surface area (Å²) in [4.78, 5) is 7.07. The smallest absolute Gasteiger partial charge is 0.243 e. The maximum atomic E-state index is 12.8. The summed E-state index contributed by atoms with van der Waals surface area (Å²) in [6, 6.07) is 7.02. The van der Waals surface area contributed by atoms with Gasteiger partial charge in [0.05, 0.1) is 24.7 Å². The van der Waals surface area contributed by atoms with E-state index in [2.05, 4.69) is 15.2 Å². The van der Waals surface area contributed by atoms with E-state index >= 15 is 0 Å². The molecule has 162 valence electrons. The van der Waals surface area contributed by atoms with E-state index in [1.165, 1.54) is 0 Å². The summed E-state index contributed by atoms with van der Waals surface area (Å²) < 4.78 is 32.6. The van der Waals surface area contributed by atoms with Gasteiger partial charge in [0, 0.05) is 32.7 Å². The quantitative estimate of drug-likeness (QED) is 0.367. The molecule has 0 bridgehead atoms. The van der Waals surface area contributed by atoms with Gasteiger partial charge in [-0.3, -0.25) is 4.90 Å². The first-order chi connectivity index (χ1) is 14.1. The molecule has 0 amide bonds. The van der Waals surface area contributed by atoms with Crippen LogP contribution in [0.3, 0.4) is 0 Å². The van der Waals surface area contributed by atoms with E-state index in [0.717, 1.165) is 70.6 Å². The molecule has 1 aromatic rings. The fourth-order valence-corrected chi connectivity index (χ4v) is 5.22. The predicted octanol–water partition coefficient (Wildman–Crippen LogP) is 0.988. The van der Waals surface area contributed by atoms with Crippen LogP contribution in [0.25, 0.3) is 0 Å². The highest BCUT2D eigenvalue weighted by atomic mass is 32.2. The van der Waals surface area contributed by atoms with Gasteiger partial charge in [-0.15, -0.1) is 0 Å². The lowest BCUT2D eigenvalue weighted by Gasteiger charge is -2.26. The SMILES string of the molecule is NC(=NCc1cccc(S(=O)(=O)N2CCCCC2)c1)NCCCN1CCOCC1. The van der Waals surface area contributed by atoms with Crippen LogP contribution in [0.4, 0.5) is 0 Å². The zero-order chi connectivity index (χ0) is 20.5. The predicted molar refractivity (Wildman–Crippen MR) is 114 cm³/mol. The Hall–Kier alpha value is -1.68. The Bertz CT molecular complexity index is 772. The van der Waals surface area contributed by atoms with Crippen LogP contribution in [0.1, 0.15) is 31.2 Å². The Morgan fingerprint density at radius 3 is 2.66 bits per heavy atom. The number of nitrogens with two attached hydrogens (primary N) is 1. The summed E-state index contributed by atoms with van der Waals surface area (Å²) in [5, 5.41) is 3.13. The number of guanidine groups is 1. The molecule has 2 aliphatic rings. The van der Waals surface area contributed by atoms with Crippen LogP contribution in [0, 0.1) is 0 Å². The lowest BCUT2D eigenvalue weighted by atomic mass is 10.2. The summed E-state index contributed by atoms with van der Waals surface area (Å²) in [5.41, 5.74) is 6.79. The third-order valence-corrected chi connectivity index (χ3v) is 7.24. The van der Waals surface area contributed by atoms with Gasteiger partial charge in [0.1, 0.15) is 0 Å². The van der Waals surface area contributed by atoms with E-state index in [-0.39, 0.29) is 0 Å². The number of hydrogen-bond acceptors (Lipinski definition) is 5. The topological polar surface area (TPSA) is 100 Å². The minimum absolute atomic E-state index is 0.337. The molecule has 2 aliphatic heterocycles. The van der Waals surface area contributed by atoms with Crippen molar-refractivity contribution in [3.8, 4) is 0 Å². The van der Waals surface area contributed by atoms with E-state index < -0.39 is 10.0 Å². The second-order valence-corrected chi connectivity index (χ2v) is 9.49. The summed E-state index contributed by atoms with van der Waals surface area (Å²) in [5.74, 6) is 0.385. The van der Waals surface area contributed by atoms with E-state index in [1.807, 2.05) is 6.07 Å². The lowest BCUT2D eigenvalue weighted by molar-refractivity contribution is 0.0376. The summed E-state index contributed by atoms with van der Waals surface area (Å²) >= 11 is 0. The molecule has 1 aromatic carbocycles. The third-order valence-electron chi connectivity index (χ3n) is 5.34. The highest BCUT2D eigenvalue weighted by Crippen LogP contribution is 2.21. The largest absolute Gasteiger partial charge is 0.379 e. The van der Waals surface area contributed by atoms with Crippen molar-refractivity contribution in [3.63, 3.8) is 0 Å². The van der Waals surface area contributed by atoms with Crippen LogP contribution in [0.15, 0.2) is 34.2 Å². The van der Waals surface area contributed by atoms with Crippen molar-refractivity contribution in [1.82, 2.24) is 14.5 Å². The average molecular weight is 424 g/mol. The first kappa shape index (κ1) is 22.0. The average Bonchev–Trinajstić information content (AvgIpc) is 2.77. The molecule has 2 fully saturated rings. The van der Waals surface area contributed by atoms with Crippen molar-refractivity contribution in [2.24, 2.45) is 10.7 Å². The maximum Gasteiger partial charge on any atom is 0.243 e. The Balaban J connectivity index is 1.47. The van der Waals surface area contributed by atoms with Crippen molar-refractivity contribution in [3.05, 3.63) is 29.8 Å². The van der Waals surface area contributed by atoms with Gasteiger partial charge in [0.2, 0.25) is 10.0 Å².